The van der Waals surface area contributed by atoms with Crippen LogP contribution in [0.15, 0.2) is 60.9 Å². The van der Waals surface area contributed by atoms with Crippen LogP contribution in [0.1, 0.15) is 30.9 Å². The lowest BCUT2D eigenvalue weighted by atomic mass is 9.99. The van der Waals surface area contributed by atoms with E-state index in [1.54, 1.807) is 12.1 Å². The van der Waals surface area contributed by atoms with E-state index < -0.39 is 5.91 Å². The summed E-state index contributed by atoms with van der Waals surface area (Å²) in [5.41, 5.74) is 2.15. The molecule has 118 valence electrons. The fourth-order valence-electron chi connectivity index (χ4n) is 2.06. The van der Waals surface area contributed by atoms with Gasteiger partial charge in [0.25, 0.3) is 5.91 Å². The van der Waals surface area contributed by atoms with E-state index in [0.717, 1.165) is 0 Å². The van der Waals surface area contributed by atoms with Crippen LogP contribution in [0.2, 0.25) is 0 Å². The van der Waals surface area contributed by atoms with Crippen LogP contribution in [0.25, 0.3) is 5.57 Å². The summed E-state index contributed by atoms with van der Waals surface area (Å²) in [5.74, 6) is 0.511. The zero-order valence-corrected chi connectivity index (χ0v) is 13.2. The smallest absolute Gasteiger partial charge is 0.261 e. The molecule has 23 heavy (non-hydrogen) atoms. The number of imide groups is 1. The first-order valence-electron chi connectivity index (χ1n) is 7.38. The molecule has 0 atom stereocenters. The van der Waals surface area contributed by atoms with E-state index in [9.17, 15) is 9.59 Å². The highest BCUT2D eigenvalue weighted by Crippen LogP contribution is 2.21. The Morgan fingerprint density at radius 2 is 1.70 bits per heavy atom. The van der Waals surface area contributed by atoms with Crippen LogP contribution in [0.4, 0.5) is 0 Å². The summed E-state index contributed by atoms with van der Waals surface area (Å²) in [5, 5.41) is 2.15. The molecule has 2 aromatic carbocycles. The third-order valence-corrected chi connectivity index (χ3v) is 3.38. The SMILES string of the molecule is CC(C)c1ccc(/C(=C/Oc2ccccc2)C(=O)NC=O)cc1. The second kappa shape index (κ2) is 7.94. The van der Waals surface area contributed by atoms with E-state index in [0.29, 0.717) is 23.6 Å². The highest BCUT2D eigenvalue weighted by atomic mass is 16.5. The van der Waals surface area contributed by atoms with Crippen molar-refractivity contribution in [3.8, 4) is 5.75 Å². The molecular formula is C19H19NO3. The summed E-state index contributed by atoms with van der Waals surface area (Å²) in [6.07, 6.45) is 1.72. The van der Waals surface area contributed by atoms with Gasteiger partial charge in [-0.15, -0.1) is 0 Å². The van der Waals surface area contributed by atoms with Crippen LogP contribution in [0.3, 0.4) is 0 Å². The minimum atomic E-state index is -0.506. The molecule has 0 heterocycles. The Morgan fingerprint density at radius 1 is 1.04 bits per heavy atom. The number of para-hydroxylation sites is 1. The molecule has 0 saturated heterocycles. The van der Waals surface area contributed by atoms with Gasteiger partial charge in [-0.1, -0.05) is 56.3 Å². The van der Waals surface area contributed by atoms with Crippen molar-refractivity contribution in [1.82, 2.24) is 5.32 Å². The van der Waals surface area contributed by atoms with Gasteiger partial charge < -0.3 is 4.74 Å². The molecule has 0 unspecified atom stereocenters. The van der Waals surface area contributed by atoms with Crippen molar-refractivity contribution in [3.63, 3.8) is 0 Å². The van der Waals surface area contributed by atoms with Crippen molar-refractivity contribution in [1.29, 1.82) is 0 Å². The number of benzene rings is 2. The molecule has 2 rings (SSSR count). The maximum atomic E-state index is 12.1. The molecule has 0 aliphatic rings. The van der Waals surface area contributed by atoms with Gasteiger partial charge in [-0.3, -0.25) is 14.9 Å². The minimum Gasteiger partial charge on any atom is -0.464 e. The Kier molecular flexibility index (Phi) is 5.69. The maximum Gasteiger partial charge on any atom is 0.261 e. The second-order valence-electron chi connectivity index (χ2n) is 5.33. The normalized spacial score (nSPS) is 11.2. The average molecular weight is 309 g/mol. The van der Waals surface area contributed by atoms with Crippen LogP contribution in [0, 0.1) is 0 Å². The van der Waals surface area contributed by atoms with E-state index in [4.69, 9.17) is 4.74 Å². The molecule has 4 nitrogen and oxygen atoms in total. The predicted molar refractivity (Wildman–Crippen MR) is 89.8 cm³/mol. The highest BCUT2D eigenvalue weighted by molar-refractivity contribution is 6.21. The van der Waals surface area contributed by atoms with Crippen LogP contribution in [0.5, 0.6) is 5.75 Å². The molecule has 1 N–H and O–H groups in total. The van der Waals surface area contributed by atoms with Crippen LogP contribution >= 0.6 is 0 Å². The maximum absolute atomic E-state index is 12.1. The molecular weight excluding hydrogens is 290 g/mol. The van der Waals surface area contributed by atoms with Crippen LogP contribution < -0.4 is 10.1 Å². The Bertz CT molecular complexity index is 688. The first-order valence-corrected chi connectivity index (χ1v) is 7.38. The average Bonchev–Trinajstić information content (AvgIpc) is 2.56. The fourth-order valence-corrected chi connectivity index (χ4v) is 2.06. The van der Waals surface area contributed by atoms with Crippen molar-refractivity contribution < 1.29 is 14.3 Å². The topological polar surface area (TPSA) is 55.4 Å². The van der Waals surface area contributed by atoms with E-state index in [1.165, 1.54) is 11.8 Å². The van der Waals surface area contributed by atoms with E-state index in [-0.39, 0.29) is 5.57 Å². The number of hydrogen-bond donors (Lipinski definition) is 1. The molecule has 0 radical (unpaired) electrons. The molecule has 0 spiro atoms. The minimum absolute atomic E-state index is 0.288. The lowest BCUT2D eigenvalue weighted by Crippen LogP contribution is -2.22. The summed E-state index contributed by atoms with van der Waals surface area (Å²) in [6.45, 7) is 4.20. The number of ether oxygens (including phenoxy) is 1. The van der Waals surface area contributed by atoms with Crippen molar-refractivity contribution in [3.05, 3.63) is 72.0 Å². The third kappa shape index (κ3) is 4.54. The lowest BCUT2D eigenvalue weighted by Gasteiger charge is -2.09. The summed E-state index contributed by atoms with van der Waals surface area (Å²) in [7, 11) is 0. The molecule has 0 fully saturated rings. The number of carbonyl (C=O) groups excluding carboxylic acids is 2. The summed E-state index contributed by atoms with van der Waals surface area (Å²) < 4.78 is 5.53. The van der Waals surface area contributed by atoms with Crippen molar-refractivity contribution in [2.24, 2.45) is 0 Å². The van der Waals surface area contributed by atoms with Gasteiger partial charge in [-0.2, -0.15) is 0 Å². The fraction of sp³-hybridized carbons (Fsp3) is 0.158. The first-order chi connectivity index (χ1) is 11.1. The van der Waals surface area contributed by atoms with Gasteiger partial charge in [0.2, 0.25) is 6.41 Å². The summed E-state index contributed by atoms with van der Waals surface area (Å²) in [6, 6.07) is 16.7. The molecule has 0 aliphatic carbocycles. The van der Waals surface area contributed by atoms with Gasteiger partial charge in [-0.25, -0.2) is 0 Å². The molecule has 4 heteroatoms. The molecule has 2 amide bonds. The van der Waals surface area contributed by atoms with Gasteiger partial charge in [0, 0.05) is 0 Å². The molecule has 0 saturated carbocycles. The number of nitrogens with one attached hydrogen (secondary N) is 1. The number of rotatable bonds is 6. The second-order valence-corrected chi connectivity index (χ2v) is 5.33. The van der Waals surface area contributed by atoms with Gasteiger partial charge in [0.15, 0.2) is 0 Å². The standard InChI is InChI=1S/C19H19NO3/c1-14(2)15-8-10-16(11-9-15)18(19(22)20-13-21)12-23-17-6-4-3-5-7-17/h3-14H,1-2H3,(H,20,21,22)/b18-12-. The van der Waals surface area contributed by atoms with Crippen molar-refractivity contribution >= 4 is 17.9 Å². The molecule has 0 aromatic heterocycles. The van der Waals surface area contributed by atoms with E-state index in [2.05, 4.69) is 19.2 Å². The Labute approximate surface area is 135 Å². The van der Waals surface area contributed by atoms with Gasteiger partial charge >= 0.3 is 0 Å². The number of amides is 2. The zero-order chi connectivity index (χ0) is 16.7. The van der Waals surface area contributed by atoms with E-state index >= 15 is 0 Å². The molecule has 0 aliphatic heterocycles. The Hall–Kier alpha value is -2.88. The lowest BCUT2D eigenvalue weighted by molar-refractivity contribution is -0.121. The van der Waals surface area contributed by atoms with Gasteiger partial charge in [0.05, 0.1) is 5.57 Å². The number of hydrogen-bond acceptors (Lipinski definition) is 3. The highest BCUT2D eigenvalue weighted by Gasteiger charge is 2.13. The van der Waals surface area contributed by atoms with Gasteiger partial charge in [-0.05, 0) is 29.2 Å². The summed E-state index contributed by atoms with van der Waals surface area (Å²) >= 11 is 0. The van der Waals surface area contributed by atoms with E-state index in [1.807, 2.05) is 42.5 Å². The summed E-state index contributed by atoms with van der Waals surface area (Å²) in [4.78, 5) is 22.7. The first kappa shape index (κ1) is 16.5. The Morgan fingerprint density at radius 3 is 2.26 bits per heavy atom. The monoisotopic (exact) mass is 309 g/mol. The molecule has 2 aromatic rings. The van der Waals surface area contributed by atoms with Crippen molar-refractivity contribution in [2.45, 2.75) is 19.8 Å². The molecule has 0 bridgehead atoms. The van der Waals surface area contributed by atoms with Crippen molar-refractivity contribution in [2.75, 3.05) is 0 Å². The third-order valence-electron chi connectivity index (χ3n) is 3.38. The Balaban J connectivity index is 2.29. The van der Waals surface area contributed by atoms with Gasteiger partial charge in [0.1, 0.15) is 12.0 Å². The predicted octanol–water partition coefficient (Wildman–Crippen LogP) is 3.50. The largest absolute Gasteiger partial charge is 0.464 e. The zero-order valence-electron chi connectivity index (χ0n) is 13.2. The van der Waals surface area contributed by atoms with Crippen LogP contribution in [-0.2, 0) is 9.59 Å². The quantitative estimate of drug-likeness (QED) is 0.505. The number of carbonyl (C=O) groups is 2. The van der Waals surface area contributed by atoms with Crippen LogP contribution in [-0.4, -0.2) is 12.3 Å².